The molecule has 1 aromatic carbocycles. The van der Waals surface area contributed by atoms with Crippen molar-refractivity contribution in [2.75, 3.05) is 13.1 Å². The van der Waals surface area contributed by atoms with E-state index in [4.69, 9.17) is 4.42 Å². The lowest BCUT2D eigenvalue weighted by atomic mass is 10.1. The van der Waals surface area contributed by atoms with Gasteiger partial charge in [0.25, 0.3) is 0 Å². The van der Waals surface area contributed by atoms with Crippen molar-refractivity contribution in [3.8, 4) is 5.75 Å². The Balaban J connectivity index is 2.31. The molecular weight excluding hydrogens is 248 g/mol. The summed E-state index contributed by atoms with van der Waals surface area (Å²) < 4.78 is 5.52. The number of phenols is 1. The highest BCUT2D eigenvalue weighted by Gasteiger charge is 2.24. The number of fused-ring (bicyclic) bond motifs is 1. The molecule has 0 aliphatic rings. The van der Waals surface area contributed by atoms with E-state index in [-0.39, 0.29) is 11.4 Å². The number of aryl methyl sites for hydroxylation is 1. The van der Waals surface area contributed by atoms with Gasteiger partial charge in [-0.05, 0) is 37.7 Å². The van der Waals surface area contributed by atoms with Crippen molar-refractivity contribution in [1.82, 2.24) is 5.32 Å². The van der Waals surface area contributed by atoms with Crippen LogP contribution in [0.25, 0.3) is 11.0 Å². The van der Waals surface area contributed by atoms with Crippen LogP contribution in [-0.2, 0) is 6.42 Å². The van der Waals surface area contributed by atoms with E-state index >= 15 is 0 Å². The molecule has 19 heavy (non-hydrogen) atoms. The van der Waals surface area contributed by atoms with Crippen molar-refractivity contribution in [2.45, 2.75) is 19.8 Å². The van der Waals surface area contributed by atoms with Crippen LogP contribution in [0.4, 0.5) is 5.69 Å². The van der Waals surface area contributed by atoms with Crippen LogP contribution in [0.2, 0.25) is 0 Å². The highest BCUT2D eigenvalue weighted by Crippen LogP contribution is 2.35. The minimum atomic E-state index is -0.451. The molecule has 1 aromatic heterocycles. The average molecular weight is 264 g/mol. The van der Waals surface area contributed by atoms with Gasteiger partial charge in [-0.25, -0.2) is 0 Å². The summed E-state index contributed by atoms with van der Waals surface area (Å²) in [5.41, 5.74) is 0.394. The van der Waals surface area contributed by atoms with E-state index in [1.54, 1.807) is 6.07 Å². The molecule has 102 valence electrons. The normalized spacial score (nSPS) is 11.0. The molecule has 0 spiro atoms. The Morgan fingerprint density at radius 1 is 1.47 bits per heavy atom. The number of furan rings is 1. The predicted molar refractivity (Wildman–Crippen MR) is 71.4 cm³/mol. The van der Waals surface area contributed by atoms with Gasteiger partial charge in [-0.15, -0.1) is 0 Å². The van der Waals surface area contributed by atoms with Crippen LogP contribution in [0.3, 0.4) is 0 Å². The van der Waals surface area contributed by atoms with Gasteiger partial charge >= 0.3 is 5.69 Å². The molecule has 0 amide bonds. The van der Waals surface area contributed by atoms with Gasteiger partial charge in [-0.1, -0.05) is 6.92 Å². The number of hydrogen-bond acceptors (Lipinski definition) is 5. The number of nitro groups is 1. The molecule has 0 aliphatic heterocycles. The van der Waals surface area contributed by atoms with Gasteiger partial charge in [-0.3, -0.25) is 10.1 Å². The molecule has 0 fully saturated rings. The summed E-state index contributed by atoms with van der Waals surface area (Å²) in [5.74, 6) is 0.360. The van der Waals surface area contributed by atoms with Crippen LogP contribution in [-0.4, -0.2) is 23.1 Å². The topological polar surface area (TPSA) is 88.5 Å². The van der Waals surface area contributed by atoms with Gasteiger partial charge in [-0.2, -0.15) is 0 Å². The van der Waals surface area contributed by atoms with Gasteiger partial charge in [0.05, 0.1) is 4.92 Å². The molecule has 0 bridgehead atoms. The minimum Gasteiger partial charge on any atom is -0.508 e. The predicted octanol–water partition coefficient (Wildman–Crippen LogP) is 2.59. The maximum Gasteiger partial charge on any atom is 0.318 e. The molecule has 0 radical (unpaired) electrons. The number of rotatable bonds is 6. The summed E-state index contributed by atoms with van der Waals surface area (Å²) in [6, 6.07) is 4.37. The first-order chi connectivity index (χ1) is 9.13. The van der Waals surface area contributed by atoms with E-state index in [0.717, 1.165) is 19.5 Å². The Bertz CT molecular complexity index is 592. The Hall–Kier alpha value is -2.08. The standard InChI is InChI=1S/C13H16N2O4/c1-2-14-7-3-4-12-13(15(17)18)10-8-9(16)5-6-11(10)19-12/h5-6,8,14,16H,2-4,7H2,1H3. The molecule has 2 rings (SSSR count). The third-order valence-electron chi connectivity index (χ3n) is 2.91. The van der Waals surface area contributed by atoms with E-state index in [0.29, 0.717) is 23.2 Å². The number of phenolic OH excluding ortho intramolecular Hbond substituents is 1. The highest BCUT2D eigenvalue weighted by atomic mass is 16.6. The lowest BCUT2D eigenvalue weighted by molar-refractivity contribution is -0.384. The van der Waals surface area contributed by atoms with E-state index < -0.39 is 4.92 Å². The van der Waals surface area contributed by atoms with E-state index in [9.17, 15) is 15.2 Å². The molecule has 0 saturated heterocycles. The molecule has 2 N–H and O–H groups in total. The quantitative estimate of drug-likeness (QED) is 0.475. The Morgan fingerprint density at radius 2 is 2.26 bits per heavy atom. The molecule has 1 heterocycles. The average Bonchev–Trinajstić information content (AvgIpc) is 2.72. The number of nitrogens with zero attached hydrogens (tertiary/aromatic N) is 1. The molecule has 0 aliphatic carbocycles. The number of aromatic hydroxyl groups is 1. The lowest BCUT2D eigenvalue weighted by Gasteiger charge is -1.99. The van der Waals surface area contributed by atoms with Crippen molar-refractivity contribution in [3.63, 3.8) is 0 Å². The molecule has 6 heteroatoms. The second-order valence-electron chi connectivity index (χ2n) is 4.27. The van der Waals surface area contributed by atoms with E-state index in [1.165, 1.54) is 12.1 Å². The summed E-state index contributed by atoms with van der Waals surface area (Å²) >= 11 is 0. The Kier molecular flexibility index (Phi) is 4.01. The van der Waals surface area contributed by atoms with Crippen molar-refractivity contribution < 1.29 is 14.4 Å². The smallest absolute Gasteiger partial charge is 0.318 e. The fourth-order valence-corrected chi connectivity index (χ4v) is 2.04. The zero-order chi connectivity index (χ0) is 13.8. The lowest BCUT2D eigenvalue weighted by Crippen LogP contribution is -2.14. The van der Waals surface area contributed by atoms with Gasteiger partial charge < -0.3 is 14.8 Å². The van der Waals surface area contributed by atoms with Crippen molar-refractivity contribution in [1.29, 1.82) is 0 Å². The third kappa shape index (κ3) is 2.85. The summed E-state index contributed by atoms with van der Waals surface area (Å²) in [6.07, 6.45) is 1.26. The zero-order valence-corrected chi connectivity index (χ0v) is 10.7. The molecular formula is C13H16N2O4. The molecule has 0 saturated carbocycles. The van der Waals surface area contributed by atoms with Gasteiger partial charge in [0.15, 0.2) is 5.76 Å². The Morgan fingerprint density at radius 3 is 2.95 bits per heavy atom. The highest BCUT2D eigenvalue weighted by molar-refractivity contribution is 5.89. The number of benzene rings is 1. The first kappa shape index (κ1) is 13.4. The minimum absolute atomic E-state index is 0.00407. The maximum absolute atomic E-state index is 11.1. The molecule has 0 unspecified atom stereocenters. The monoisotopic (exact) mass is 264 g/mol. The fourth-order valence-electron chi connectivity index (χ4n) is 2.04. The van der Waals surface area contributed by atoms with Crippen LogP contribution in [0.5, 0.6) is 5.75 Å². The van der Waals surface area contributed by atoms with Crippen molar-refractivity contribution in [3.05, 3.63) is 34.1 Å². The van der Waals surface area contributed by atoms with Crippen LogP contribution in [0.15, 0.2) is 22.6 Å². The molecule has 2 aromatic rings. The summed E-state index contributed by atoms with van der Waals surface area (Å²) in [4.78, 5) is 10.7. The SMILES string of the molecule is CCNCCCc1oc2ccc(O)cc2c1[N+](=O)[O-]. The number of nitrogens with one attached hydrogen (secondary N) is 1. The van der Waals surface area contributed by atoms with Crippen LogP contribution in [0, 0.1) is 10.1 Å². The second-order valence-corrected chi connectivity index (χ2v) is 4.27. The fraction of sp³-hybridized carbons (Fsp3) is 0.385. The molecule has 0 atom stereocenters. The number of hydrogen-bond donors (Lipinski definition) is 2. The van der Waals surface area contributed by atoms with Crippen LogP contribution in [0.1, 0.15) is 19.1 Å². The maximum atomic E-state index is 11.1. The summed E-state index contributed by atoms with van der Waals surface area (Å²) in [6.45, 7) is 3.67. The van der Waals surface area contributed by atoms with Gasteiger partial charge in [0, 0.05) is 6.42 Å². The largest absolute Gasteiger partial charge is 0.508 e. The van der Waals surface area contributed by atoms with E-state index in [2.05, 4.69) is 5.32 Å². The van der Waals surface area contributed by atoms with Gasteiger partial charge in [0.2, 0.25) is 0 Å². The second kappa shape index (κ2) is 5.71. The summed E-state index contributed by atoms with van der Waals surface area (Å²) in [5, 5.41) is 24.1. The first-order valence-electron chi connectivity index (χ1n) is 6.23. The van der Waals surface area contributed by atoms with Crippen LogP contribution < -0.4 is 5.32 Å². The van der Waals surface area contributed by atoms with Crippen molar-refractivity contribution in [2.24, 2.45) is 0 Å². The van der Waals surface area contributed by atoms with Crippen LogP contribution >= 0.6 is 0 Å². The van der Waals surface area contributed by atoms with E-state index in [1.807, 2.05) is 6.92 Å². The van der Waals surface area contributed by atoms with Gasteiger partial charge in [0.1, 0.15) is 16.7 Å². The third-order valence-corrected chi connectivity index (χ3v) is 2.91. The first-order valence-corrected chi connectivity index (χ1v) is 6.23. The summed E-state index contributed by atoms with van der Waals surface area (Å²) in [7, 11) is 0. The van der Waals surface area contributed by atoms with Crippen molar-refractivity contribution >= 4 is 16.7 Å². The Labute approximate surface area is 110 Å². The molecule has 6 nitrogen and oxygen atoms in total. The zero-order valence-electron chi connectivity index (χ0n) is 10.7.